The number of hydrogen-bond donors (Lipinski definition) is 1. The fourth-order valence-corrected chi connectivity index (χ4v) is 2.59. The molecular weight excluding hydrogens is 256 g/mol. The van der Waals surface area contributed by atoms with E-state index in [9.17, 15) is 8.42 Å². The lowest BCUT2D eigenvalue weighted by molar-refractivity contribution is 0.584. The molecular formula is C11H10N2O2S2. The van der Waals surface area contributed by atoms with Crippen LogP contribution >= 0.6 is 11.3 Å². The van der Waals surface area contributed by atoms with Gasteiger partial charge in [0.2, 0.25) is 0 Å². The molecule has 1 heterocycles. The minimum atomic E-state index is -3.56. The van der Waals surface area contributed by atoms with Crippen molar-refractivity contribution in [1.29, 1.82) is 0 Å². The Morgan fingerprint density at radius 1 is 1.18 bits per heavy atom. The molecule has 0 bridgehead atoms. The smallest absolute Gasteiger partial charge is 0.200 e. The average Bonchev–Trinajstić information content (AvgIpc) is 2.83. The molecule has 88 valence electrons. The monoisotopic (exact) mass is 266 g/mol. The second kappa shape index (κ2) is 5.11. The second-order valence-corrected chi connectivity index (χ2v) is 5.66. The van der Waals surface area contributed by atoms with Gasteiger partial charge in [-0.05, 0) is 29.0 Å². The molecule has 2 aromatic rings. The highest BCUT2D eigenvalue weighted by Gasteiger charge is 2.10. The van der Waals surface area contributed by atoms with Crippen molar-refractivity contribution in [3.8, 4) is 0 Å². The Morgan fingerprint density at radius 2 is 1.94 bits per heavy atom. The van der Waals surface area contributed by atoms with Gasteiger partial charge in [-0.15, -0.1) is 0 Å². The Bertz CT molecular complexity index is 590. The Hall–Kier alpha value is -1.66. The number of sulfonamides is 1. The predicted molar refractivity (Wildman–Crippen MR) is 68.7 cm³/mol. The molecule has 0 amide bonds. The number of hydrazone groups is 1. The van der Waals surface area contributed by atoms with Crippen molar-refractivity contribution in [2.24, 2.45) is 5.10 Å². The standard InChI is InChI=1S/C11H10N2O2S2/c14-17(15,11-4-2-1-3-5-11)13-12-8-10-6-7-16-9-10/h1-9,13H. The first-order valence-electron chi connectivity index (χ1n) is 4.80. The molecule has 0 radical (unpaired) electrons. The molecule has 1 aromatic heterocycles. The molecule has 0 aliphatic carbocycles. The summed E-state index contributed by atoms with van der Waals surface area (Å²) in [6.45, 7) is 0. The van der Waals surface area contributed by atoms with E-state index in [2.05, 4.69) is 9.93 Å². The zero-order valence-electron chi connectivity index (χ0n) is 8.78. The summed E-state index contributed by atoms with van der Waals surface area (Å²) in [5.74, 6) is 0. The molecule has 0 fully saturated rings. The number of rotatable bonds is 4. The number of thiophene rings is 1. The summed E-state index contributed by atoms with van der Waals surface area (Å²) in [5, 5.41) is 7.48. The van der Waals surface area contributed by atoms with Gasteiger partial charge in [-0.2, -0.15) is 24.9 Å². The SMILES string of the molecule is O=S(=O)(NN=Cc1ccsc1)c1ccccc1. The van der Waals surface area contributed by atoms with Crippen LogP contribution in [0.25, 0.3) is 0 Å². The van der Waals surface area contributed by atoms with Crippen LogP contribution in [-0.4, -0.2) is 14.6 Å². The zero-order valence-corrected chi connectivity index (χ0v) is 10.4. The zero-order chi connectivity index (χ0) is 12.1. The van der Waals surface area contributed by atoms with E-state index in [1.54, 1.807) is 18.2 Å². The molecule has 2 rings (SSSR count). The first-order chi connectivity index (χ1) is 8.18. The second-order valence-electron chi connectivity index (χ2n) is 3.22. The van der Waals surface area contributed by atoms with E-state index in [1.807, 2.05) is 16.8 Å². The fourth-order valence-electron chi connectivity index (χ4n) is 1.17. The lowest BCUT2D eigenvalue weighted by Gasteiger charge is -2.01. The van der Waals surface area contributed by atoms with Gasteiger partial charge in [-0.1, -0.05) is 18.2 Å². The van der Waals surface area contributed by atoms with Gasteiger partial charge in [0, 0.05) is 5.56 Å². The highest BCUT2D eigenvalue weighted by atomic mass is 32.2. The average molecular weight is 266 g/mol. The van der Waals surface area contributed by atoms with Crippen molar-refractivity contribution < 1.29 is 8.42 Å². The van der Waals surface area contributed by atoms with Crippen molar-refractivity contribution in [2.75, 3.05) is 0 Å². The molecule has 0 atom stereocenters. The molecule has 0 unspecified atom stereocenters. The molecule has 0 saturated carbocycles. The summed E-state index contributed by atoms with van der Waals surface area (Å²) in [6.07, 6.45) is 1.47. The maximum Gasteiger partial charge on any atom is 0.276 e. The van der Waals surface area contributed by atoms with E-state index in [-0.39, 0.29) is 4.90 Å². The molecule has 4 nitrogen and oxygen atoms in total. The number of hydrogen-bond acceptors (Lipinski definition) is 4. The normalized spacial score (nSPS) is 11.8. The Labute approximate surface area is 104 Å². The van der Waals surface area contributed by atoms with Crippen LogP contribution in [0.2, 0.25) is 0 Å². The largest absolute Gasteiger partial charge is 0.276 e. The van der Waals surface area contributed by atoms with E-state index < -0.39 is 10.0 Å². The Morgan fingerprint density at radius 3 is 2.59 bits per heavy atom. The van der Waals surface area contributed by atoms with Gasteiger partial charge in [-0.25, -0.2) is 4.83 Å². The maximum absolute atomic E-state index is 11.7. The lowest BCUT2D eigenvalue weighted by atomic mass is 10.4. The van der Waals surface area contributed by atoms with Crippen molar-refractivity contribution in [3.05, 3.63) is 52.7 Å². The minimum absolute atomic E-state index is 0.197. The quantitative estimate of drug-likeness (QED) is 0.680. The van der Waals surface area contributed by atoms with E-state index in [0.29, 0.717) is 0 Å². The first-order valence-corrected chi connectivity index (χ1v) is 7.23. The molecule has 6 heteroatoms. The highest BCUT2D eigenvalue weighted by Crippen LogP contribution is 2.07. The maximum atomic E-state index is 11.7. The summed E-state index contributed by atoms with van der Waals surface area (Å²) in [5.41, 5.74) is 0.866. The first kappa shape index (κ1) is 11.8. The third-order valence-corrected chi connectivity index (χ3v) is 3.92. The van der Waals surface area contributed by atoms with Gasteiger partial charge < -0.3 is 0 Å². The third-order valence-electron chi connectivity index (χ3n) is 1.98. The third kappa shape index (κ3) is 3.15. The van der Waals surface area contributed by atoms with Crippen LogP contribution in [-0.2, 0) is 10.0 Å². The van der Waals surface area contributed by atoms with Crippen LogP contribution in [0.4, 0.5) is 0 Å². The van der Waals surface area contributed by atoms with Gasteiger partial charge in [-0.3, -0.25) is 0 Å². The van der Waals surface area contributed by atoms with Crippen LogP contribution in [0.15, 0.2) is 57.2 Å². The van der Waals surface area contributed by atoms with Gasteiger partial charge in [0.05, 0.1) is 11.1 Å². The summed E-state index contributed by atoms with van der Waals surface area (Å²) in [6, 6.07) is 9.97. The van der Waals surface area contributed by atoms with Gasteiger partial charge in [0.15, 0.2) is 0 Å². The van der Waals surface area contributed by atoms with Crippen LogP contribution in [0.1, 0.15) is 5.56 Å². The van der Waals surface area contributed by atoms with Crippen molar-refractivity contribution in [1.82, 2.24) is 4.83 Å². The number of benzene rings is 1. The molecule has 17 heavy (non-hydrogen) atoms. The van der Waals surface area contributed by atoms with Gasteiger partial charge in [0.25, 0.3) is 10.0 Å². The van der Waals surface area contributed by atoms with E-state index >= 15 is 0 Å². The summed E-state index contributed by atoms with van der Waals surface area (Å²) >= 11 is 1.53. The fraction of sp³-hybridized carbons (Fsp3) is 0. The van der Waals surface area contributed by atoms with Gasteiger partial charge >= 0.3 is 0 Å². The molecule has 0 spiro atoms. The Kier molecular flexibility index (Phi) is 3.55. The summed E-state index contributed by atoms with van der Waals surface area (Å²) in [7, 11) is -3.56. The van der Waals surface area contributed by atoms with Crippen LogP contribution < -0.4 is 4.83 Å². The molecule has 0 aliphatic rings. The van der Waals surface area contributed by atoms with Crippen LogP contribution in [0, 0.1) is 0 Å². The molecule has 0 saturated heterocycles. The van der Waals surface area contributed by atoms with E-state index in [1.165, 1.54) is 29.7 Å². The van der Waals surface area contributed by atoms with E-state index in [4.69, 9.17) is 0 Å². The minimum Gasteiger partial charge on any atom is -0.200 e. The number of nitrogens with one attached hydrogen (secondary N) is 1. The number of nitrogens with zero attached hydrogens (tertiary/aromatic N) is 1. The van der Waals surface area contributed by atoms with Crippen molar-refractivity contribution in [3.63, 3.8) is 0 Å². The lowest BCUT2D eigenvalue weighted by Crippen LogP contribution is -2.18. The van der Waals surface area contributed by atoms with Crippen LogP contribution in [0.3, 0.4) is 0 Å². The molecule has 1 N–H and O–H groups in total. The van der Waals surface area contributed by atoms with E-state index in [0.717, 1.165) is 5.56 Å². The summed E-state index contributed by atoms with van der Waals surface area (Å²) in [4.78, 5) is 2.36. The topological polar surface area (TPSA) is 58.5 Å². The van der Waals surface area contributed by atoms with Crippen molar-refractivity contribution in [2.45, 2.75) is 4.90 Å². The molecule has 1 aromatic carbocycles. The van der Waals surface area contributed by atoms with Gasteiger partial charge in [0.1, 0.15) is 0 Å². The Balaban J connectivity index is 2.09. The molecule has 0 aliphatic heterocycles. The predicted octanol–water partition coefficient (Wildman–Crippen LogP) is 2.06. The highest BCUT2D eigenvalue weighted by molar-refractivity contribution is 7.89. The van der Waals surface area contributed by atoms with Crippen LogP contribution in [0.5, 0.6) is 0 Å². The summed E-state index contributed by atoms with van der Waals surface area (Å²) < 4.78 is 23.5. The van der Waals surface area contributed by atoms with Crippen molar-refractivity contribution >= 4 is 27.6 Å².